The van der Waals surface area contributed by atoms with Gasteiger partial charge in [-0.3, -0.25) is 14.0 Å². The summed E-state index contributed by atoms with van der Waals surface area (Å²) in [6.07, 6.45) is 0.764. The number of fused-ring (bicyclic) bond motifs is 6. The number of nitrogens with one attached hydrogen (secondary N) is 2. The van der Waals surface area contributed by atoms with Gasteiger partial charge in [-0.2, -0.15) is 0 Å². The topological polar surface area (TPSA) is 111 Å². The lowest BCUT2D eigenvalue weighted by Crippen LogP contribution is -2.32. The second kappa shape index (κ2) is 7.77. The highest BCUT2D eigenvalue weighted by Gasteiger charge is 2.25. The molecule has 0 saturated carbocycles. The largest absolute Gasteiger partial charge is 0.493 e. The number of ether oxygens (including phenoxy) is 2. The van der Waals surface area contributed by atoms with Gasteiger partial charge in [0.25, 0.3) is 11.5 Å². The van der Waals surface area contributed by atoms with E-state index in [1.807, 2.05) is 38.1 Å². The van der Waals surface area contributed by atoms with Gasteiger partial charge < -0.3 is 19.8 Å². The van der Waals surface area contributed by atoms with Gasteiger partial charge in [0.1, 0.15) is 16.7 Å². The van der Waals surface area contributed by atoms with Gasteiger partial charge in [-0.15, -0.1) is 0 Å². The third-order valence-electron chi connectivity index (χ3n) is 5.90. The molecule has 9 heteroatoms. The lowest BCUT2D eigenvalue weighted by atomic mass is 10.2. The fourth-order valence-electron chi connectivity index (χ4n) is 4.02. The van der Waals surface area contributed by atoms with Crippen LogP contribution >= 0.6 is 0 Å². The summed E-state index contributed by atoms with van der Waals surface area (Å²) < 4.78 is 12.6. The van der Waals surface area contributed by atoms with Crippen LogP contribution in [-0.2, 0) is 0 Å². The third kappa shape index (κ3) is 3.15. The van der Waals surface area contributed by atoms with E-state index in [-0.39, 0.29) is 23.1 Å². The number of aromatic nitrogens is 4. The van der Waals surface area contributed by atoms with Gasteiger partial charge in [-0.25, -0.2) is 9.97 Å². The molecule has 1 unspecified atom stereocenters. The third-order valence-corrected chi connectivity index (χ3v) is 5.90. The van der Waals surface area contributed by atoms with E-state index in [9.17, 15) is 9.59 Å². The fourth-order valence-corrected chi connectivity index (χ4v) is 4.02. The van der Waals surface area contributed by atoms with Gasteiger partial charge in [0, 0.05) is 12.1 Å². The van der Waals surface area contributed by atoms with E-state index in [0.29, 0.717) is 50.2 Å². The number of rotatable bonds is 5. The standard InChI is InChI=1S/C24H23N5O4/c1-5-12(2)25-24(31)19-20-22(27-15-9-7-6-8-14(15)26-20)29-16-11-18(33-4)17(32-3)10-13(16)23(30)28-21(19)29/h6-12H,5H2,1-4H3,(H,25,31)(H,28,30). The second-order valence-corrected chi connectivity index (χ2v) is 7.90. The zero-order chi connectivity index (χ0) is 23.3. The molecule has 0 spiro atoms. The zero-order valence-electron chi connectivity index (χ0n) is 18.7. The van der Waals surface area contributed by atoms with Crippen LogP contribution in [0.4, 0.5) is 0 Å². The first-order chi connectivity index (χ1) is 16.0. The Morgan fingerprint density at radius 1 is 1.12 bits per heavy atom. The van der Waals surface area contributed by atoms with Crippen molar-refractivity contribution in [3.63, 3.8) is 0 Å². The molecule has 2 aromatic carbocycles. The average molecular weight is 445 g/mol. The highest BCUT2D eigenvalue weighted by atomic mass is 16.5. The van der Waals surface area contributed by atoms with Crippen LogP contribution in [0, 0.1) is 0 Å². The molecule has 0 aliphatic carbocycles. The van der Waals surface area contributed by atoms with Crippen molar-refractivity contribution in [2.45, 2.75) is 26.3 Å². The number of H-pyrrole nitrogens is 1. The van der Waals surface area contributed by atoms with Crippen LogP contribution in [0.5, 0.6) is 11.5 Å². The van der Waals surface area contributed by atoms with Crippen LogP contribution in [0.2, 0.25) is 0 Å². The van der Waals surface area contributed by atoms with Crippen LogP contribution in [0.1, 0.15) is 30.6 Å². The Balaban J connectivity index is 1.98. The zero-order valence-corrected chi connectivity index (χ0v) is 18.7. The Labute approximate surface area is 188 Å². The molecular weight excluding hydrogens is 422 g/mol. The van der Waals surface area contributed by atoms with Gasteiger partial charge in [0.15, 0.2) is 17.1 Å². The average Bonchev–Trinajstić information content (AvgIpc) is 3.14. The van der Waals surface area contributed by atoms with Crippen molar-refractivity contribution in [2.75, 3.05) is 14.2 Å². The van der Waals surface area contributed by atoms with Crippen LogP contribution in [0.3, 0.4) is 0 Å². The molecule has 9 nitrogen and oxygen atoms in total. The summed E-state index contributed by atoms with van der Waals surface area (Å²) in [6, 6.07) is 10.7. The Kier molecular flexibility index (Phi) is 4.88. The number of nitrogens with zero attached hydrogens (tertiary/aromatic N) is 3. The molecule has 0 fully saturated rings. The summed E-state index contributed by atoms with van der Waals surface area (Å²) in [6.45, 7) is 3.91. The molecule has 1 amide bonds. The normalized spacial score (nSPS) is 12.5. The van der Waals surface area contributed by atoms with Crippen molar-refractivity contribution < 1.29 is 14.3 Å². The highest BCUT2D eigenvalue weighted by Crippen LogP contribution is 2.34. The van der Waals surface area contributed by atoms with Crippen molar-refractivity contribution in [3.05, 3.63) is 52.3 Å². The summed E-state index contributed by atoms with van der Waals surface area (Å²) in [5, 5.41) is 3.36. The van der Waals surface area contributed by atoms with E-state index in [2.05, 4.69) is 10.3 Å². The predicted octanol–water partition coefficient (Wildman–Crippen LogP) is 3.42. The van der Waals surface area contributed by atoms with Gasteiger partial charge in [-0.1, -0.05) is 19.1 Å². The molecule has 2 N–H and O–H groups in total. The minimum Gasteiger partial charge on any atom is -0.493 e. The molecule has 3 heterocycles. The number of carbonyl (C=O) groups is 1. The lowest BCUT2D eigenvalue weighted by molar-refractivity contribution is 0.0942. The number of aromatic amines is 1. The Morgan fingerprint density at radius 2 is 1.79 bits per heavy atom. The second-order valence-electron chi connectivity index (χ2n) is 7.90. The molecule has 5 rings (SSSR count). The smallest absolute Gasteiger partial charge is 0.259 e. The first-order valence-electron chi connectivity index (χ1n) is 10.7. The predicted molar refractivity (Wildman–Crippen MR) is 126 cm³/mol. The molecule has 3 aromatic heterocycles. The number of para-hydroxylation sites is 2. The molecule has 0 aliphatic rings. The maximum absolute atomic E-state index is 13.4. The summed E-state index contributed by atoms with van der Waals surface area (Å²) in [5.41, 5.74) is 2.98. The minimum atomic E-state index is -0.358. The summed E-state index contributed by atoms with van der Waals surface area (Å²) >= 11 is 0. The molecule has 0 aliphatic heterocycles. The summed E-state index contributed by atoms with van der Waals surface area (Å²) in [5.74, 6) is 0.563. The van der Waals surface area contributed by atoms with Crippen molar-refractivity contribution >= 4 is 44.7 Å². The maximum atomic E-state index is 13.4. The molecule has 168 valence electrons. The Hall–Kier alpha value is -4.14. The minimum absolute atomic E-state index is 0.0487. The number of carbonyl (C=O) groups excluding carboxylic acids is 1. The van der Waals surface area contributed by atoms with Crippen molar-refractivity contribution in [3.8, 4) is 11.5 Å². The Bertz CT molecular complexity index is 1620. The van der Waals surface area contributed by atoms with Crippen molar-refractivity contribution in [1.29, 1.82) is 0 Å². The molecule has 0 bridgehead atoms. The first-order valence-corrected chi connectivity index (χ1v) is 10.7. The van der Waals surface area contributed by atoms with E-state index in [1.54, 1.807) is 16.5 Å². The highest BCUT2D eigenvalue weighted by molar-refractivity contribution is 6.13. The summed E-state index contributed by atoms with van der Waals surface area (Å²) in [4.78, 5) is 38.9. The van der Waals surface area contributed by atoms with Crippen LogP contribution in [0.25, 0.3) is 38.7 Å². The molecule has 5 aromatic rings. The van der Waals surface area contributed by atoms with E-state index < -0.39 is 0 Å². The first kappa shape index (κ1) is 20.7. The number of hydrogen-bond acceptors (Lipinski definition) is 6. The van der Waals surface area contributed by atoms with E-state index in [0.717, 1.165) is 6.42 Å². The van der Waals surface area contributed by atoms with E-state index in [4.69, 9.17) is 19.4 Å². The van der Waals surface area contributed by atoms with Crippen molar-refractivity contribution in [1.82, 2.24) is 24.7 Å². The number of hydrogen-bond donors (Lipinski definition) is 2. The van der Waals surface area contributed by atoms with Crippen LogP contribution < -0.4 is 20.3 Å². The number of methoxy groups -OCH3 is 2. The molecule has 33 heavy (non-hydrogen) atoms. The van der Waals surface area contributed by atoms with Crippen molar-refractivity contribution in [2.24, 2.45) is 0 Å². The van der Waals surface area contributed by atoms with Gasteiger partial charge >= 0.3 is 0 Å². The molecule has 1 atom stereocenters. The quantitative estimate of drug-likeness (QED) is 0.429. The number of benzene rings is 2. The molecule has 0 radical (unpaired) electrons. The number of amides is 1. The fraction of sp³-hybridized carbons (Fsp3) is 0.250. The monoisotopic (exact) mass is 445 g/mol. The SMILES string of the molecule is CCC(C)NC(=O)c1c2nc3ccccc3nc2n2c1[nH]c(=O)c1cc(OC)c(OC)cc12. The van der Waals surface area contributed by atoms with E-state index in [1.165, 1.54) is 14.2 Å². The summed E-state index contributed by atoms with van der Waals surface area (Å²) in [7, 11) is 3.04. The van der Waals surface area contributed by atoms with Gasteiger partial charge in [0.05, 0.1) is 36.2 Å². The lowest BCUT2D eigenvalue weighted by Gasteiger charge is -2.12. The van der Waals surface area contributed by atoms with Gasteiger partial charge in [-0.05, 0) is 31.5 Å². The van der Waals surface area contributed by atoms with Crippen LogP contribution in [-0.4, -0.2) is 45.5 Å². The van der Waals surface area contributed by atoms with E-state index >= 15 is 0 Å². The molecular formula is C24H23N5O4. The van der Waals surface area contributed by atoms with Gasteiger partial charge in [0.2, 0.25) is 0 Å². The maximum Gasteiger partial charge on any atom is 0.259 e. The Morgan fingerprint density at radius 3 is 2.45 bits per heavy atom. The molecule has 0 saturated heterocycles. The van der Waals surface area contributed by atoms with Crippen LogP contribution in [0.15, 0.2) is 41.2 Å².